The van der Waals surface area contributed by atoms with Crippen LogP contribution in [0.1, 0.15) is 65.2 Å². The second kappa shape index (κ2) is 13.5. The van der Waals surface area contributed by atoms with Crippen LogP contribution < -0.4 is 0 Å². The zero-order chi connectivity index (χ0) is 16.1. The standard InChI is InChI=1S/C11H27P.C7H19P/c1-5-6-7-8-9-10-11-12(2,3)4;1-5-6-7-8(2,3)4/h12H,5-11H2,1-4H3;8H,5-7H2,1-4H3. The van der Waals surface area contributed by atoms with Crippen LogP contribution in [0, 0.1) is 0 Å². The van der Waals surface area contributed by atoms with E-state index in [1.165, 1.54) is 63.7 Å². The summed E-state index contributed by atoms with van der Waals surface area (Å²) in [5, 5.41) is 0. The van der Waals surface area contributed by atoms with E-state index in [0.717, 1.165) is 0 Å². The molecule has 0 N–H and O–H groups in total. The molecule has 0 amide bonds. The van der Waals surface area contributed by atoms with E-state index in [0.29, 0.717) is 0 Å². The van der Waals surface area contributed by atoms with Gasteiger partial charge in [-0.25, -0.2) is 0 Å². The molecule has 0 unspecified atom stereocenters. The van der Waals surface area contributed by atoms with E-state index in [1.807, 2.05) is 0 Å². The molecule has 0 aliphatic carbocycles. The Balaban J connectivity index is 0. The van der Waals surface area contributed by atoms with E-state index in [1.54, 1.807) is 0 Å². The van der Waals surface area contributed by atoms with Crippen molar-refractivity contribution in [3.8, 4) is 0 Å². The Hall–Kier alpha value is 0.860. The molecule has 2 heteroatoms. The van der Waals surface area contributed by atoms with Crippen molar-refractivity contribution in [1.29, 1.82) is 0 Å². The first-order chi connectivity index (χ1) is 9.12. The number of rotatable bonds is 10. The van der Waals surface area contributed by atoms with Crippen molar-refractivity contribution in [3.05, 3.63) is 0 Å². The van der Waals surface area contributed by atoms with Crippen LogP contribution in [-0.2, 0) is 0 Å². The van der Waals surface area contributed by atoms with Crippen LogP contribution in [-0.4, -0.2) is 52.3 Å². The van der Waals surface area contributed by atoms with E-state index in [2.05, 4.69) is 53.8 Å². The molecule has 0 atom stereocenters. The van der Waals surface area contributed by atoms with Gasteiger partial charge in [0.2, 0.25) is 0 Å². The zero-order valence-electron chi connectivity index (χ0n) is 16.1. The Bertz CT molecular complexity index is 187. The normalized spacial score (nSPS) is 13.6. The Kier molecular flexibility index (Phi) is 15.6. The van der Waals surface area contributed by atoms with Crippen molar-refractivity contribution in [1.82, 2.24) is 0 Å². The van der Waals surface area contributed by atoms with Gasteiger partial charge in [-0.1, -0.05) is 0 Å². The van der Waals surface area contributed by atoms with E-state index < -0.39 is 14.5 Å². The molecule has 0 heterocycles. The van der Waals surface area contributed by atoms with Crippen molar-refractivity contribution >= 4 is 14.5 Å². The first-order valence-corrected chi connectivity index (χ1v) is 16.5. The monoisotopic (exact) mass is 324 g/mol. The van der Waals surface area contributed by atoms with E-state index in [4.69, 9.17) is 0 Å². The van der Waals surface area contributed by atoms with Crippen molar-refractivity contribution < 1.29 is 0 Å². The summed E-state index contributed by atoms with van der Waals surface area (Å²) in [7, 11) is -1.40. The molecule has 0 nitrogen and oxygen atoms in total. The van der Waals surface area contributed by atoms with Crippen molar-refractivity contribution in [2.24, 2.45) is 0 Å². The summed E-state index contributed by atoms with van der Waals surface area (Å²) in [4.78, 5) is 0. The summed E-state index contributed by atoms with van der Waals surface area (Å²) in [6.45, 7) is 19.3. The molecule has 0 aromatic carbocycles. The number of hydrogen-bond acceptors (Lipinski definition) is 0. The molecule has 0 saturated carbocycles. The molecule has 0 spiro atoms. The fourth-order valence-electron chi connectivity index (χ4n) is 2.14. The van der Waals surface area contributed by atoms with Crippen LogP contribution in [0.4, 0.5) is 0 Å². The Morgan fingerprint density at radius 1 is 0.450 bits per heavy atom. The van der Waals surface area contributed by atoms with Gasteiger partial charge in [-0.2, -0.15) is 0 Å². The predicted octanol–water partition coefficient (Wildman–Crippen LogP) is 6.41. The van der Waals surface area contributed by atoms with Crippen LogP contribution in [0.15, 0.2) is 0 Å². The number of unbranched alkanes of at least 4 members (excludes halogenated alkanes) is 6. The third kappa shape index (κ3) is 27.2. The van der Waals surface area contributed by atoms with E-state index in [-0.39, 0.29) is 0 Å². The third-order valence-corrected chi connectivity index (χ3v) is 7.27. The van der Waals surface area contributed by atoms with Crippen molar-refractivity contribution in [2.75, 3.05) is 52.3 Å². The summed E-state index contributed by atoms with van der Waals surface area (Å²) >= 11 is 0. The van der Waals surface area contributed by atoms with Crippen LogP contribution in [0.5, 0.6) is 0 Å². The summed E-state index contributed by atoms with van der Waals surface area (Å²) < 4.78 is 0. The van der Waals surface area contributed by atoms with Gasteiger partial charge in [0.15, 0.2) is 0 Å². The van der Waals surface area contributed by atoms with Crippen LogP contribution >= 0.6 is 14.5 Å². The second-order valence-corrected chi connectivity index (χ2v) is 20.0. The fourth-order valence-corrected chi connectivity index (χ4v) is 4.87. The molecule has 0 aliphatic rings. The van der Waals surface area contributed by atoms with E-state index in [9.17, 15) is 0 Å². The molecule has 20 heavy (non-hydrogen) atoms. The molecule has 0 bridgehead atoms. The second-order valence-electron chi connectivity index (χ2n) is 8.74. The Morgan fingerprint density at radius 2 is 0.800 bits per heavy atom. The molecule has 0 radical (unpaired) electrons. The molecule has 0 aliphatic heterocycles. The Morgan fingerprint density at radius 3 is 1.15 bits per heavy atom. The summed E-state index contributed by atoms with van der Waals surface area (Å²) in [6, 6.07) is 0. The first-order valence-electron chi connectivity index (χ1n) is 9.12. The van der Waals surface area contributed by atoms with Gasteiger partial charge in [-0.15, -0.1) is 0 Å². The van der Waals surface area contributed by atoms with Crippen molar-refractivity contribution in [3.63, 3.8) is 0 Å². The van der Waals surface area contributed by atoms with Gasteiger partial charge in [0, 0.05) is 0 Å². The van der Waals surface area contributed by atoms with Crippen LogP contribution in [0.2, 0.25) is 0 Å². The minimum absolute atomic E-state index is 0.678. The molecular weight excluding hydrogens is 278 g/mol. The summed E-state index contributed by atoms with van der Waals surface area (Å²) in [5.41, 5.74) is 0. The third-order valence-electron chi connectivity index (χ3n) is 3.56. The quantitative estimate of drug-likeness (QED) is 0.321. The maximum atomic E-state index is 2.47. The van der Waals surface area contributed by atoms with Crippen molar-refractivity contribution in [2.45, 2.75) is 65.2 Å². The topological polar surface area (TPSA) is 0 Å². The summed E-state index contributed by atoms with van der Waals surface area (Å²) in [5.74, 6) is 0. The minimum atomic E-state index is -0.726. The average Bonchev–Trinajstić information content (AvgIpc) is 2.29. The summed E-state index contributed by atoms with van der Waals surface area (Å²) in [6.07, 6.45) is 14.5. The van der Waals surface area contributed by atoms with Gasteiger partial charge >= 0.3 is 132 Å². The van der Waals surface area contributed by atoms with Gasteiger partial charge in [0.25, 0.3) is 0 Å². The molecule has 0 aromatic rings. The SMILES string of the molecule is CCCCCCCC[PH](C)(C)C.CCCC[PH](C)(C)C. The zero-order valence-corrected chi connectivity index (χ0v) is 18.1. The molecule has 0 aromatic heterocycles. The van der Waals surface area contributed by atoms with Crippen LogP contribution in [0.3, 0.4) is 0 Å². The molecule has 0 fully saturated rings. The van der Waals surface area contributed by atoms with Gasteiger partial charge in [-0.3, -0.25) is 0 Å². The Labute approximate surface area is 132 Å². The molecule has 128 valence electrons. The van der Waals surface area contributed by atoms with Crippen LogP contribution in [0.25, 0.3) is 0 Å². The molecule has 0 rings (SSSR count). The molecule has 0 saturated heterocycles. The van der Waals surface area contributed by atoms with Gasteiger partial charge in [0.1, 0.15) is 0 Å². The van der Waals surface area contributed by atoms with E-state index >= 15 is 0 Å². The predicted molar refractivity (Wildman–Crippen MR) is 110 cm³/mol. The fraction of sp³-hybridized carbons (Fsp3) is 1.00. The number of hydrogen-bond donors (Lipinski definition) is 0. The first kappa shape index (κ1) is 23.1. The maximum absolute atomic E-state index is 2.47. The molecular formula is C18H46P2. The van der Waals surface area contributed by atoms with Gasteiger partial charge < -0.3 is 0 Å². The van der Waals surface area contributed by atoms with Gasteiger partial charge in [-0.05, 0) is 0 Å². The average molecular weight is 325 g/mol. The van der Waals surface area contributed by atoms with Gasteiger partial charge in [0.05, 0.1) is 0 Å².